The molecule has 0 bridgehead atoms. The first kappa shape index (κ1) is 15.3. The van der Waals surface area contributed by atoms with Gasteiger partial charge in [0.15, 0.2) is 0 Å². The average Bonchev–Trinajstić information content (AvgIpc) is 2.41. The predicted molar refractivity (Wildman–Crippen MR) is 85.7 cm³/mol. The van der Waals surface area contributed by atoms with Crippen LogP contribution in [0.15, 0.2) is 11.8 Å². The maximum absolute atomic E-state index is 5.75. The van der Waals surface area contributed by atoms with Gasteiger partial charge in [0.25, 0.3) is 0 Å². The van der Waals surface area contributed by atoms with Gasteiger partial charge in [0.05, 0.1) is 12.9 Å². The van der Waals surface area contributed by atoms with Gasteiger partial charge in [-0.15, -0.1) is 0 Å². The number of hydrogen-bond donors (Lipinski definition) is 0. The Morgan fingerprint density at radius 1 is 1.00 bits per heavy atom. The van der Waals surface area contributed by atoms with Crippen LogP contribution in [-0.2, 0) is 4.74 Å². The van der Waals surface area contributed by atoms with Crippen molar-refractivity contribution in [3.05, 3.63) is 11.8 Å². The van der Waals surface area contributed by atoms with E-state index in [-0.39, 0.29) is 0 Å². The third-order valence-electron chi connectivity index (χ3n) is 4.31. The molecule has 1 aliphatic heterocycles. The Bertz CT molecular complexity index is 246. The third-order valence-corrected chi connectivity index (χ3v) is 5.78. The third kappa shape index (κ3) is 6.74. The molecule has 0 amide bonds. The van der Waals surface area contributed by atoms with Crippen LogP contribution in [0.25, 0.3) is 0 Å². The van der Waals surface area contributed by atoms with E-state index in [1.54, 1.807) is 5.57 Å². The maximum atomic E-state index is 5.75. The Morgan fingerprint density at radius 3 is 2.68 bits per heavy atom. The van der Waals surface area contributed by atoms with E-state index in [2.05, 4.69) is 18.0 Å². The van der Waals surface area contributed by atoms with Gasteiger partial charge < -0.3 is 4.74 Å². The van der Waals surface area contributed by atoms with E-state index in [0.717, 1.165) is 11.9 Å². The van der Waals surface area contributed by atoms with Crippen LogP contribution in [0.5, 0.6) is 0 Å². The van der Waals surface area contributed by atoms with Crippen molar-refractivity contribution in [2.45, 2.75) is 82.3 Å². The van der Waals surface area contributed by atoms with E-state index < -0.39 is 0 Å². The molecule has 1 saturated carbocycles. The molecule has 0 spiro atoms. The van der Waals surface area contributed by atoms with E-state index in [1.807, 2.05) is 0 Å². The Labute approximate surface area is 123 Å². The van der Waals surface area contributed by atoms with Gasteiger partial charge in [-0.25, -0.2) is 0 Å². The lowest BCUT2D eigenvalue weighted by atomic mass is 9.96. The fraction of sp³-hybridized carbons (Fsp3) is 0.882. The zero-order valence-electron chi connectivity index (χ0n) is 12.4. The van der Waals surface area contributed by atoms with Gasteiger partial charge in [0.1, 0.15) is 0 Å². The quantitative estimate of drug-likeness (QED) is 0.472. The summed E-state index contributed by atoms with van der Waals surface area (Å²) in [6.45, 7) is 0.931. The first-order valence-corrected chi connectivity index (χ1v) is 9.41. The zero-order chi connectivity index (χ0) is 13.2. The first-order chi connectivity index (χ1) is 9.45. The van der Waals surface area contributed by atoms with E-state index in [0.29, 0.717) is 0 Å². The minimum atomic E-state index is 0.909. The first-order valence-electron chi connectivity index (χ1n) is 8.36. The smallest absolute Gasteiger partial charge is 0.0873 e. The summed E-state index contributed by atoms with van der Waals surface area (Å²) in [5, 5.41) is 0.909. The molecule has 0 aromatic carbocycles. The van der Waals surface area contributed by atoms with Crippen molar-refractivity contribution >= 4 is 11.8 Å². The molecule has 2 aliphatic rings. The lowest BCUT2D eigenvalue weighted by molar-refractivity contribution is 0.235. The molecular formula is C17H30OS. The second-order valence-electron chi connectivity index (χ2n) is 6.05. The van der Waals surface area contributed by atoms with Crippen LogP contribution in [0, 0.1) is 0 Å². The molecule has 2 fully saturated rings. The molecule has 1 unspecified atom stereocenters. The monoisotopic (exact) mass is 282 g/mol. The number of rotatable bonds is 5. The van der Waals surface area contributed by atoms with Gasteiger partial charge in [-0.05, 0) is 62.7 Å². The van der Waals surface area contributed by atoms with E-state index in [4.69, 9.17) is 4.74 Å². The van der Waals surface area contributed by atoms with Crippen LogP contribution in [-0.4, -0.2) is 17.6 Å². The molecule has 2 rings (SSSR count). The Kier molecular flexibility index (Phi) is 7.83. The lowest BCUT2D eigenvalue weighted by Gasteiger charge is -2.19. The van der Waals surface area contributed by atoms with Crippen molar-refractivity contribution in [2.24, 2.45) is 0 Å². The van der Waals surface area contributed by atoms with Gasteiger partial charge in [-0.2, -0.15) is 11.8 Å². The highest BCUT2D eigenvalue weighted by Gasteiger charge is 2.11. The molecule has 2 heteroatoms. The molecule has 1 aliphatic carbocycles. The van der Waals surface area contributed by atoms with E-state index >= 15 is 0 Å². The summed E-state index contributed by atoms with van der Waals surface area (Å²) < 4.78 is 5.75. The molecule has 0 aromatic rings. The number of thioether (sulfide) groups is 1. The lowest BCUT2D eigenvalue weighted by Crippen LogP contribution is -2.08. The standard InChI is InChI=1S/C17H30OS/c1-2-7-14-19-17(11-6-1)12-8-13-18-15-16-9-4-3-5-10-16/h15,17H,1-14H2. The van der Waals surface area contributed by atoms with Crippen LogP contribution < -0.4 is 0 Å². The zero-order valence-corrected chi connectivity index (χ0v) is 13.2. The van der Waals surface area contributed by atoms with Gasteiger partial charge in [0.2, 0.25) is 0 Å². The Hall–Kier alpha value is -0.110. The second-order valence-corrected chi connectivity index (χ2v) is 7.45. The second kappa shape index (κ2) is 9.74. The normalized spacial score (nSPS) is 25.5. The van der Waals surface area contributed by atoms with Crippen molar-refractivity contribution < 1.29 is 4.74 Å². The van der Waals surface area contributed by atoms with Crippen molar-refractivity contribution in [2.75, 3.05) is 12.4 Å². The number of hydrogen-bond acceptors (Lipinski definition) is 2. The largest absolute Gasteiger partial charge is 0.501 e. The van der Waals surface area contributed by atoms with E-state index in [9.17, 15) is 0 Å². The Balaban J connectivity index is 1.52. The van der Waals surface area contributed by atoms with Gasteiger partial charge in [-0.1, -0.05) is 25.7 Å². The molecule has 0 radical (unpaired) electrons. The van der Waals surface area contributed by atoms with Crippen LogP contribution in [0.3, 0.4) is 0 Å². The summed E-state index contributed by atoms with van der Waals surface area (Å²) in [7, 11) is 0. The molecule has 0 aromatic heterocycles. The van der Waals surface area contributed by atoms with E-state index in [1.165, 1.54) is 82.8 Å². The molecule has 1 saturated heterocycles. The summed E-state index contributed by atoms with van der Waals surface area (Å²) in [6.07, 6.45) is 18.6. The van der Waals surface area contributed by atoms with Crippen molar-refractivity contribution in [1.82, 2.24) is 0 Å². The summed E-state index contributed by atoms with van der Waals surface area (Å²) in [4.78, 5) is 0. The molecular weight excluding hydrogens is 252 g/mol. The minimum absolute atomic E-state index is 0.909. The SMILES string of the molecule is C(OCCCC1CCCCCCS1)=C1CCCCC1. The highest BCUT2D eigenvalue weighted by molar-refractivity contribution is 7.99. The van der Waals surface area contributed by atoms with Crippen molar-refractivity contribution in [3.8, 4) is 0 Å². The van der Waals surface area contributed by atoms with Crippen LogP contribution >= 0.6 is 11.8 Å². The summed E-state index contributed by atoms with van der Waals surface area (Å²) in [5.41, 5.74) is 1.55. The van der Waals surface area contributed by atoms with Crippen LogP contribution in [0.4, 0.5) is 0 Å². The molecule has 1 atom stereocenters. The fourth-order valence-corrected chi connectivity index (χ4v) is 4.45. The maximum Gasteiger partial charge on any atom is 0.0873 e. The van der Waals surface area contributed by atoms with Gasteiger partial charge >= 0.3 is 0 Å². The van der Waals surface area contributed by atoms with Crippen LogP contribution in [0.1, 0.15) is 77.0 Å². The number of ether oxygens (including phenoxy) is 1. The molecule has 1 nitrogen and oxygen atoms in total. The van der Waals surface area contributed by atoms with Gasteiger partial charge in [0, 0.05) is 5.25 Å². The predicted octanol–water partition coefficient (Wildman–Crippen LogP) is 5.70. The van der Waals surface area contributed by atoms with Crippen molar-refractivity contribution in [1.29, 1.82) is 0 Å². The summed E-state index contributed by atoms with van der Waals surface area (Å²) in [5.74, 6) is 1.38. The molecule has 1 heterocycles. The number of allylic oxidation sites excluding steroid dienone is 1. The van der Waals surface area contributed by atoms with Crippen molar-refractivity contribution in [3.63, 3.8) is 0 Å². The molecule has 0 N–H and O–H groups in total. The molecule has 19 heavy (non-hydrogen) atoms. The topological polar surface area (TPSA) is 9.23 Å². The fourth-order valence-electron chi connectivity index (χ4n) is 3.08. The minimum Gasteiger partial charge on any atom is -0.501 e. The highest BCUT2D eigenvalue weighted by atomic mass is 32.2. The Morgan fingerprint density at radius 2 is 1.79 bits per heavy atom. The molecule has 110 valence electrons. The summed E-state index contributed by atoms with van der Waals surface area (Å²) >= 11 is 2.21. The van der Waals surface area contributed by atoms with Crippen LogP contribution in [0.2, 0.25) is 0 Å². The summed E-state index contributed by atoms with van der Waals surface area (Å²) in [6, 6.07) is 0. The van der Waals surface area contributed by atoms with Gasteiger partial charge in [-0.3, -0.25) is 0 Å². The highest BCUT2D eigenvalue weighted by Crippen LogP contribution is 2.27. The average molecular weight is 282 g/mol.